The summed E-state index contributed by atoms with van der Waals surface area (Å²) in [4.78, 5) is 24.2. The van der Waals surface area contributed by atoms with Gasteiger partial charge in [-0.25, -0.2) is 0 Å². The van der Waals surface area contributed by atoms with Crippen molar-refractivity contribution in [3.05, 3.63) is 24.3 Å². The molecule has 0 aliphatic heterocycles. The number of unbranched alkanes of at least 4 members (excludes halogenated alkanes) is 2. The Hall–Kier alpha value is -1.93. The molecule has 0 aromatic rings. The first-order chi connectivity index (χ1) is 12.5. The number of nitrogens with zero attached hydrogens (tertiary/aromatic N) is 1. The lowest BCUT2D eigenvalue weighted by atomic mass is 9.78. The third kappa shape index (κ3) is 6.42. The average Bonchev–Trinajstić information content (AvgIpc) is 2.92. The molecule has 5 heteroatoms. The van der Waals surface area contributed by atoms with Gasteiger partial charge in [-0.1, -0.05) is 50.5 Å². The lowest BCUT2D eigenvalue weighted by molar-refractivity contribution is -0.146. The Morgan fingerprint density at radius 2 is 2.12 bits per heavy atom. The molecule has 26 heavy (non-hydrogen) atoms. The van der Waals surface area contributed by atoms with Gasteiger partial charge in [0.15, 0.2) is 0 Å². The smallest absolute Gasteiger partial charge is 0.307 e. The molecule has 1 fully saturated rings. The second kappa shape index (κ2) is 11.6. The fourth-order valence-corrected chi connectivity index (χ4v) is 3.69. The van der Waals surface area contributed by atoms with Gasteiger partial charge in [0.05, 0.1) is 24.0 Å². The van der Waals surface area contributed by atoms with Crippen molar-refractivity contribution in [2.75, 3.05) is 0 Å². The maximum Gasteiger partial charge on any atom is 0.307 e. The highest BCUT2D eigenvalue weighted by atomic mass is 16.4. The molecular weight excluding hydrogens is 330 g/mol. The molecule has 5 nitrogen and oxygen atoms in total. The number of ketones is 1. The molecule has 144 valence electrons. The standard InChI is InChI=1S/C21H31NO4/c1-3-5-7-9-16(23)11-12-17-15(14-22)13-19(24)20(17)18(21(25)26)10-8-6-4-2/h4,6,11-12,15-18,20,23H,3,5,7-10,13H2,1-2H3,(H,25,26). The van der Waals surface area contributed by atoms with Gasteiger partial charge < -0.3 is 10.2 Å². The topological polar surface area (TPSA) is 98.4 Å². The summed E-state index contributed by atoms with van der Waals surface area (Å²) in [6, 6.07) is 2.15. The van der Waals surface area contributed by atoms with Crippen molar-refractivity contribution in [2.45, 2.75) is 64.9 Å². The fraction of sp³-hybridized carbons (Fsp3) is 0.667. The summed E-state index contributed by atoms with van der Waals surface area (Å²) in [5.41, 5.74) is 0. The van der Waals surface area contributed by atoms with Crippen LogP contribution < -0.4 is 0 Å². The monoisotopic (exact) mass is 361 g/mol. The first kappa shape index (κ1) is 22.1. The van der Waals surface area contributed by atoms with Gasteiger partial charge in [-0.15, -0.1) is 0 Å². The van der Waals surface area contributed by atoms with Crippen LogP contribution in [0.15, 0.2) is 24.3 Å². The number of carboxylic acid groups (broad SMARTS) is 1. The zero-order valence-electron chi connectivity index (χ0n) is 15.8. The zero-order chi connectivity index (χ0) is 19.5. The van der Waals surface area contributed by atoms with E-state index in [9.17, 15) is 25.1 Å². The van der Waals surface area contributed by atoms with E-state index in [2.05, 4.69) is 13.0 Å². The van der Waals surface area contributed by atoms with E-state index in [4.69, 9.17) is 0 Å². The predicted molar refractivity (Wildman–Crippen MR) is 100 cm³/mol. The molecule has 0 amide bonds. The van der Waals surface area contributed by atoms with E-state index in [1.54, 1.807) is 12.2 Å². The second-order valence-electron chi connectivity index (χ2n) is 7.05. The quantitative estimate of drug-likeness (QED) is 0.430. The van der Waals surface area contributed by atoms with Crippen molar-refractivity contribution in [3.8, 4) is 6.07 Å². The molecule has 0 spiro atoms. The highest BCUT2D eigenvalue weighted by Crippen LogP contribution is 2.41. The average molecular weight is 361 g/mol. The molecule has 0 aromatic carbocycles. The fourth-order valence-electron chi connectivity index (χ4n) is 3.69. The molecule has 0 radical (unpaired) electrons. The molecular formula is C21H31NO4. The number of carbonyl (C=O) groups is 2. The summed E-state index contributed by atoms with van der Waals surface area (Å²) in [5, 5.41) is 29.1. The Labute approximate surface area is 156 Å². The lowest BCUT2D eigenvalue weighted by Crippen LogP contribution is -2.31. The molecule has 2 N–H and O–H groups in total. The summed E-state index contributed by atoms with van der Waals surface area (Å²) >= 11 is 0. The van der Waals surface area contributed by atoms with Gasteiger partial charge in [0.1, 0.15) is 5.78 Å². The molecule has 1 saturated carbocycles. The molecule has 1 aliphatic carbocycles. The van der Waals surface area contributed by atoms with Crippen molar-refractivity contribution in [1.82, 2.24) is 0 Å². The van der Waals surface area contributed by atoms with Crippen LogP contribution in [0, 0.1) is 35.0 Å². The van der Waals surface area contributed by atoms with Gasteiger partial charge in [-0.2, -0.15) is 5.26 Å². The van der Waals surface area contributed by atoms with Gasteiger partial charge in [0, 0.05) is 18.3 Å². The van der Waals surface area contributed by atoms with Crippen molar-refractivity contribution < 1.29 is 19.8 Å². The Bertz CT molecular complexity index is 561. The van der Waals surface area contributed by atoms with E-state index in [-0.39, 0.29) is 12.2 Å². The number of carbonyl (C=O) groups excluding carboxylic acids is 1. The van der Waals surface area contributed by atoms with Crippen molar-refractivity contribution in [3.63, 3.8) is 0 Å². The van der Waals surface area contributed by atoms with E-state index in [1.165, 1.54) is 0 Å². The number of hydrogen-bond acceptors (Lipinski definition) is 4. The summed E-state index contributed by atoms with van der Waals surface area (Å²) < 4.78 is 0. The number of aliphatic hydroxyl groups is 1. The SMILES string of the molecule is CC=CCCC(C(=O)O)C1C(=O)CC(C#N)C1C=CC(O)CCCCC. The summed E-state index contributed by atoms with van der Waals surface area (Å²) in [6.45, 7) is 3.96. The summed E-state index contributed by atoms with van der Waals surface area (Å²) in [5.74, 6) is -3.60. The van der Waals surface area contributed by atoms with Gasteiger partial charge in [0.25, 0.3) is 0 Å². The molecule has 5 unspecified atom stereocenters. The first-order valence-corrected chi connectivity index (χ1v) is 9.58. The molecule has 1 rings (SSSR count). The van der Waals surface area contributed by atoms with Crippen LogP contribution in [0.5, 0.6) is 0 Å². The van der Waals surface area contributed by atoms with Gasteiger partial charge in [-0.05, 0) is 26.2 Å². The highest BCUT2D eigenvalue weighted by molar-refractivity contribution is 5.89. The molecule has 0 aromatic heterocycles. The Morgan fingerprint density at radius 3 is 2.69 bits per heavy atom. The Kier molecular flexibility index (Phi) is 9.90. The van der Waals surface area contributed by atoms with Crippen molar-refractivity contribution >= 4 is 11.8 Å². The normalized spacial score (nSPS) is 25.6. The number of aliphatic carboxylic acids is 1. The largest absolute Gasteiger partial charge is 0.481 e. The van der Waals surface area contributed by atoms with Gasteiger partial charge in [-0.3, -0.25) is 9.59 Å². The molecule has 1 aliphatic rings. The van der Waals surface area contributed by atoms with Crippen molar-refractivity contribution in [1.29, 1.82) is 5.26 Å². The number of hydrogen-bond donors (Lipinski definition) is 2. The molecule has 0 heterocycles. The number of allylic oxidation sites excluding steroid dienone is 3. The predicted octanol–water partition coefficient (Wildman–Crippen LogP) is 3.89. The van der Waals surface area contributed by atoms with Crippen LogP contribution in [-0.4, -0.2) is 28.1 Å². The maximum atomic E-state index is 12.5. The van der Waals surface area contributed by atoms with Crippen LogP contribution in [-0.2, 0) is 9.59 Å². The van der Waals surface area contributed by atoms with E-state index in [1.807, 2.05) is 19.1 Å². The number of nitriles is 1. The van der Waals surface area contributed by atoms with Crippen LogP contribution in [0.1, 0.15) is 58.8 Å². The van der Waals surface area contributed by atoms with Crippen LogP contribution in [0.25, 0.3) is 0 Å². The third-order valence-electron chi connectivity index (χ3n) is 5.13. The summed E-state index contributed by atoms with van der Waals surface area (Å²) in [6.07, 6.45) is 11.2. The van der Waals surface area contributed by atoms with Crippen LogP contribution in [0.4, 0.5) is 0 Å². The van der Waals surface area contributed by atoms with E-state index in [0.29, 0.717) is 19.3 Å². The third-order valence-corrected chi connectivity index (χ3v) is 5.13. The Balaban J connectivity index is 2.93. The number of aliphatic hydroxyl groups excluding tert-OH is 1. The van der Waals surface area contributed by atoms with E-state index in [0.717, 1.165) is 19.3 Å². The van der Waals surface area contributed by atoms with Crippen LogP contribution in [0.2, 0.25) is 0 Å². The molecule has 0 saturated heterocycles. The zero-order valence-corrected chi connectivity index (χ0v) is 15.8. The summed E-state index contributed by atoms with van der Waals surface area (Å²) in [7, 11) is 0. The van der Waals surface area contributed by atoms with Crippen molar-refractivity contribution in [2.24, 2.45) is 23.7 Å². The van der Waals surface area contributed by atoms with Gasteiger partial charge in [0.2, 0.25) is 0 Å². The number of carboxylic acids is 1. The van der Waals surface area contributed by atoms with Crippen LogP contribution in [0.3, 0.4) is 0 Å². The van der Waals surface area contributed by atoms with Gasteiger partial charge >= 0.3 is 5.97 Å². The maximum absolute atomic E-state index is 12.5. The first-order valence-electron chi connectivity index (χ1n) is 9.58. The Morgan fingerprint density at radius 1 is 1.38 bits per heavy atom. The highest BCUT2D eigenvalue weighted by Gasteiger charge is 2.47. The molecule has 0 bridgehead atoms. The molecule has 5 atom stereocenters. The minimum absolute atomic E-state index is 0.0928. The van der Waals surface area contributed by atoms with E-state index >= 15 is 0 Å². The minimum atomic E-state index is -0.992. The van der Waals surface area contributed by atoms with Crippen LogP contribution >= 0.6 is 0 Å². The minimum Gasteiger partial charge on any atom is -0.481 e. The number of rotatable bonds is 11. The van der Waals surface area contributed by atoms with E-state index < -0.39 is 35.7 Å². The second-order valence-corrected chi connectivity index (χ2v) is 7.05. The number of Topliss-reactive ketones (excluding diaryl/α,β-unsaturated/α-hetero) is 1. The lowest BCUT2D eigenvalue weighted by Gasteiger charge is -2.23.